The van der Waals surface area contributed by atoms with E-state index in [0.29, 0.717) is 17.7 Å². The Kier molecular flexibility index (Phi) is 5.56. The van der Waals surface area contributed by atoms with Crippen LogP contribution in [0.1, 0.15) is 31.2 Å². The van der Waals surface area contributed by atoms with Crippen LogP contribution in [0.5, 0.6) is 0 Å². The number of nitrogens with zero attached hydrogens (tertiary/aromatic N) is 1. The number of halogens is 2. The van der Waals surface area contributed by atoms with Crippen LogP contribution in [-0.4, -0.2) is 50.3 Å². The first-order valence-corrected chi connectivity index (χ1v) is 13.3. The van der Waals surface area contributed by atoms with Gasteiger partial charge in [-0.3, -0.25) is 4.79 Å². The molecule has 1 spiro atoms. The van der Waals surface area contributed by atoms with Crippen LogP contribution in [0.15, 0.2) is 48.5 Å². The second-order valence-corrected chi connectivity index (χ2v) is 11.7. The Bertz CT molecular complexity index is 1160. The fourth-order valence-electron chi connectivity index (χ4n) is 5.46. The molecule has 2 saturated carbocycles. The zero-order valence-electron chi connectivity index (χ0n) is 18.5. The molecule has 0 radical (unpaired) electrons. The highest BCUT2D eigenvalue weighted by Gasteiger charge is 2.61. The summed E-state index contributed by atoms with van der Waals surface area (Å²) in [6, 6.07) is 13.4. The van der Waals surface area contributed by atoms with Gasteiger partial charge in [0.2, 0.25) is 15.9 Å². The Labute approximate surface area is 193 Å². The van der Waals surface area contributed by atoms with Gasteiger partial charge in [-0.25, -0.2) is 21.9 Å². The standard InChI is InChI=1S/C25H28F2N2O3S/c1-33(31,32)28-23-21(29(15-25(23)10-11-25)24(30)18-12-19(26)13-18)14-17-8-5-9-20(22(17)27)16-6-3-2-4-7-16/h2-9,18-19,21,23,28H,10-15H2,1H3/t18-,19-,21?,23?. The minimum absolute atomic E-state index is 0.141. The second kappa shape index (κ2) is 8.17. The van der Waals surface area contributed by atoms with Crippen LogP contribution < -0.4 is 4.72 Å². The summed E-state index contributed by atoms with van der Waals surface area (Å²) in [6.45, 7) is 0.428. The van der Waals surface area contributed by atoms with Crippen LogP contribution in [0.25, 0.3) is 11.1 Å². The normalized spacial score (nSPS) is 28.0. The highest BCUT2D eigenvalue weighted by Crippen LogP contribution is 2.56. The third-order valence-corrected chi connectivity index (χ3v) is 8.15. The second-order valence-electron chi connectivity index (χ2n) is 9.88. The number of hydrogen-bond acceptors (Lipinski definition) is 3. The van der Waals surface area contributed by atoms with E-state index in [-0.39, 0.29) is 42.3 Å². The first-order chi connectivity index (χ1) is 15.7. The fourth-order valence-corrected chi connectivity index (χ4v) is 6.33. The monoisotopic (exact) mass is 474 g/mol. The molecule has 5 nitrogen and oxygen atoms in total. The smallest absolute Gasteiger partial charge is 0.226 e. The third kappa shape index (κ3) is 4.30. The lowest BCUT2D eigenvalue weighted by atomic mass is 9.82. The van der Waals surface area contributed by atoms with Crippen molar-refractivity contribution in [3.05, 3.63) is 59.9 Å². The van der Waals surface area contributed by atoms with Crippen molar-refractivity contribution in [1.82, 2.24) is 9.62 Å². The average Bonchev–Trinajstić information content (AvgIpc) is 3.48. The Morgan fingerprint density at radius 1 is 1.12 bits per heavy atom. The highest BCUT2D eigenvalue weighted by atomic mass is 32.2. The van der Waals surface area contributed by atoms with E-state index in [9.17, 15) is 17.6 Å². The molecule has 2 aromatic carbocycles. The van der Waals surface area contributed by atoms with Gasteiger partial charge < -0.3 is 4.90 Å². The molecule has 2 unspecified atom stereocenters. The fraction of sp³-hybridized carbons (Fsp3) is 0.480. The molecule has 1 amide bonds. The average molecular weight is 475 g/mol. The zero-order chi connectivity index (χ0) is 23.4. The number of sulfonamides is 1. The molecule has 33 heavy (non-hydrogen) atoms. The zero-order valence-corrected chi connectivity index (χ0v) is 19.3. The number of benzene rings is 2. The summed E-state index contributed by atoms with van der Waals surface area (Å²) >= 11 is 0. The van der Waals surface area contributed by atoms with Crippen LogP contribution in [0, 0.1) is 17.2 Å². The molecule has 3 fully saturated rings. The largest absolute Gasteiger partial charge is 0.337 e. The lowest BCUT2D eigenvalue weighted by Gasteiger charge is -2.36. The highest BCUT2D eigenvalue weighted by molar-refractivity contribution is 7.88. The Morgan fingerprint density at radius 3 is 2.42 bits per heavy atom. The van der Waals surface area contributed by atoms with Crippen LogP contribution in [0.3, 0.4) is 0 Å². The Morgan fingerprint density at radius 2 is 1.82 bits per heavy atom. The van der Waals surface area contributed by atoms with Crippen molar-refractivity contribution in [1.29, 1.82) is 0 Å². The van der Waals surface area contributed by atoms with Crippen LogP contribution in [-0.2, 0) is 21.2 Å². The maximum atomic E-state index is 15.6. The van der Waals surface area contributed by atoms with Gasteiger partial charge in [-0.2, -0.15) is 0 Å². The molecule has 0 bridgehead atoms. The number of carbonyl (C=O) groups excluding carboxylic acids is 1. The first kappa shape index (κ1) is 22.5. The summed E-state index contributed by atoms with van der Waals surface area (Å²) in [5.74, 6) is -0.883. The third-order valence-electron chi connectivity index (χ3n) is 7.47. The SMILES string of the molecule is CS(=O)(=O)NC1C(Cc2cccc(-c3ccccc3)c2F)N(C(=O)[C@H]2C[C@H](F)C2)CC12CC2. The van der Waals surface area contributed by atoms with Crippen molar-refractivity contribution in [2.45, 2.75) is 50.4 Å². The number of rotatable bonds is 6. The van der Waals surface area contributed by atoms with Gasteiger partial charge in [0, 0.05) is 29.5 Å². The number of amides is 1. The van der Waals surface area contributed by atoms with Gasteiger partial charge in [-0.15, -0.1) is 0 Å². The molecule has 5 rings (SSSR count). The van der Waals surface area contributed by atoms with Gasteiger partial charge in [0.05, 0.1) is 12.3 Å². The topological polar surface area (TPSA) is 66.5 Å². The minimum atomic E-state index is -3.54. The summed E-state index contributed by atoms with van der Waals surface area (Å²) < 4.78 is 56.2. The number of likely N-dealkylation sites (tertiary alicyclic amines) is 1. The van der Waals surface area contributed by atoms with Crippen molar-refractivity contribution < 1.29 is 22.0 Å². The van der Waals surface area contributed by atoms with Gasteiger partial charge in [0.25, 0.3) is 0 Å². The summed E-state index contributed by atoms with van der Waals surface area (Å²) in [5, 5.41) is 0. The number of hydrogen-bond donors (Lipinski definition) is 1. The van der Waals surface area contributed by atoms with Crippen molar-refractivity contribution in [2.75, 3.05) is 12.8 Å². The van der Waals surface area contributed by atoms with E-state index in [1.807, 2.05) is 30.3 Å². The lowest BCUT2D eigenvalue weighted by Crippen LogP contribution is -2.51. The van der Waals surface area contributed by atoms with Crippen LogP contribution in [0.4, 0.5) is 8.78 Å². The van der Waals surface area contributed by atoms with Gasteiger partial charge in [-0.1, -0.05) is 48.5 Å². The van der Waals surface area contributed by atoms with E-state index >= 15 is 4.39 Å². The molecule has 1 saturated heterocycles. The number of nitrogens with one attached hydrogen (secondary N) is 1. The molecule has 2 aliphatic carbocycles. The molecule has 3 aliphatic rings. The van der Waals surface area contributed by atoms with Crippen molar-refractivity contribution in [2.24, 2.45) is 11.3 Å². The van der Waals surface area contributed by atoms with E-state index in [1.54, 1.807) is 23.1 Å². The maximum Gasteiger partial charge on any atom is 0.226 e. The molecule has 2 aromatic rings. The summed E-state index contributed by atoms with van der Waals surface area (Å²) in [4.78, 5) is 15.0. The minimum Gasteiger partial charge on any atom is -0.337 e. The van der Waals surface area contributed by atoms with Gasteiger partial charge in [0.15, 0.2) is 0 Å². The molecule has 2 atom stereocenters. The van der Waals surface area contributed by atoms with Crippen LogP contribution in [0.2, 0.25) is 0 Å². The predicted molar refractivity (Wildman–Crippen MR) is 122 cm³/mol. The molecule has 1 aliphatic heterocycles. The molecular weight excluding hydrogens is 446 g/mol. The van der Waals surface area contributed by atoms with Crippen molar-refractivity contribution in [3.63, 3.8) is 0 Å². The van der Waals surface area contributed by atoms with Gasteiger partial charge >= 0.3 is 0 Å². The Hall–Kier alpha value is -2.32. The van der Waals surface area contributed by atoms with Gasteiger partial charge in [0.1, 0.15) is 12.0 Å². The summed E-state index contributed by atoms with van der Waals surface area (Å²) in [5.41, 5.74) is 1.34. The number of alkyl halides is 1. The maximum absolute atomic E-state index is 15.6. The molecule has 1 N–H and O–H groups in total. The van der Waals surface area contributed by atoms with Crippen LogP contribution >= 0.6 is 0 Å². The van der Waals surface area contributed by atoms with E-state index in [0.717, 1.165) is 24.7 Å². The molecule has 176 valence electrons. The summed E-state index contributed by atoms with van der Waals surface area (Å²) in [6.07, 6.45) is 2.38. The van der Waals surface area contributed by atoms with E-state index in [1.165, 1.54) is 0 Å². The molecule has 8 heteroatoms. The molecular formula is C25H28F2N2O3S. The van der Waals surface area contributed by atoms with Crippen molar-refractivity contribution >= 4 is 15.9 Å². The summed E-state index contributed by atoms with van der Waals surface area (Å²) in [7, 11) is -3.54. The van der Waals surface area contributed by atoms with Gasteiger partial charge in [-0.05, 0) is 43.2 Å². The van der Waals surface area contributed by atoms with E-state index in [4.69, 9.17) is 0 Å². The lowest BCUT2D eigenvalue weighted by molar-refractivity contribution is -0.141. The van der Waals surface area contributed by atoms with Crippen molar-refractivity contribution in [3.8, 4) is 11.1 Å². The van der Waals surface area contributed by atoms with E-state index < -0.39 is 28.3 Å². The van der Waals surface area contributed by atoms with E-state index in [2.05, 4.69) is 4.72 Å². The molecule has 1 heterocycles. The number of carbonyl (C=O) groups is 1. The first-order valence-electron chi connectivity index (χ1n) is 11.4. The molecule has 0 aromatic heterocycles. The predicted octanol–water partition coefficient (Wildman–Crippen LogP) is 3.69. The Balaban J connectivity index is 1.49. The quantitative estimate of drug-likeness (QED) is 0.695.